The SMILES string of the molecule is CCCCCCCCSCCOC(=O)O. The second-order valence-electron chi connectivity index (χ2n) is 3.49. The average molecular weight is 234 g/mol. The summed E-state index contributed by atoms with van der Waals surface area (Å²) in [5.74, 6) is 1.90. The number of carboxylic acid groups (broad SMARTS) is 1. The van der Waals surface area contributed by atoms with Crippen molar-refractivity contribution in [1.29, 1.82) is 0 Å². The van der Waals surface area contributed by atoms with Gasteiger partial charge in [-0.1, -0.05) is 39.0 Å². The van der Waals surface area contributed by atoms with Gasteiger partial charge in [0.05, 0.1) is 0 Å². The number of hydrogen-bond acceptors (Lipinski definition) is 3. The molecule has 0 radical (unpaired) electrons. The molecule has 0 aliphatic rings. The molecule has 3 nitrogen and oxygen atoms in total. The highest BCUT2D eigenvalue weighted by atomic mass is 32.2. The summed E-state index contributed by atoms with van der Waals surface area (Å²) < 4.78 is 4.40. The van der Waals surface area contributed by atoms with Crippen LogP contribution in [0.3, 0.4) is 0 Å². The zero-order chi connectivity index (χ0) is 11.4. The molecular formula is C11H22O3S. The van der Waals surface area contributed by atoms with Gasteiger partial charge in [-0.25, -0.2) is 4.79 Å². The molecule has 0 aliphatic carbocycles. The van der Waals surface area contributed by atoms with Gasteiger partial charge >= 0.3 is 6.16 Å². The van der Waals surface area contributed by atoms with Crippen molar-refractivity contribution in [3.8, 4) is 0 Å². The molecule has 0 atom stereocenters. The maximum absolute atomic E-state index is 10.0. The molecule has 0 unspecified atom stereocenters. The fourth-order valence-corrected chi connectivity index (χ4v) is 2.09. The third-order valence-electron chi connectivity index (χ3n) is 2.10. The molecule has 0 rings (SSSR count). The lowest BCUT2D eigenvalue weighted by Crippen LogP contribution is -2.03. The Bertz CT molecular complexity index is 151. The van der Waals surface area contributed by atoms with Crippen molar-refractivity contribution >= 4 is 17.9 Å². The molecule has 0 fully saturated rings. The highest BCUT2D eigenvalue weighted by Gasteiger charge is 1.95. The van der Waals surface area contributed by atoms with Gasteiger partial charge in [-0.05, 0) is 12.2 Å². The first kappa shape index (κ1) is 14.6. The van der Waals surface area contributed by atoms with E-state index in [2.05, 4.69) is 11.7 Å². The van der Waals surface area contributed by atoms with Gasteiger partial charge in [0.1, 0.15) is 6.61 Å². The largest absolute Gasteiger partial charge is 0.505 e. The second-order valence-corrected chi connectivity index (χ2v) is 4.72. The van der Waals surface area contributed by atoms with Gasteiger partial charge in [0, 0.05) is 5.75 Å². The number of ether oxygens (including phenoxy) is 1. The minimum atomic E-state index is -1.17. The molecule has 0 aromatic heterocycles. The molecule has 0 aromatic carbocycles. The first-order chi connectivity index (χ1) is 7.27. The van der Waals surface area contributed by atoms with Crippen LogP contribution in [0.4, 0.5) is 4.79 Å². The summed E-state index contributed by atoms with van der Waals surface area (Å²) in [6.45, 7) is 2.54. The molecule has 90 valence electrons. The van der Waals surface area contributed by atoms with Crippen LogP contribution in [0.1, 0.15) is 45.4 Å². The Hall–Kier alpha value is -0.380. The van der Waals surface area contributed by atoms with Crippen LogP contribution < -0.4 is 0 Å². The maximum atomic E-state index is 10.0. The average Bonchev–Trinajstić information content (AvgIpc) is 2.20. The van der Waals surface area contributed by atoms with E-state index >= 15 is 0 Å². The minimum absolute atomic E-state index is 0.315. The molecule has 0 saturated carbocycles. The third kappa shape index (κ3) is 13.6. The van der Waals surface area contributed by atoms with E-state index in [1.165, 1.54) is 38.5 Å². The minimum Gasteiger partial charge on any atom is -0.450 e. The van der Waals surface area contributed by atoms with Crippen molar-refractivity contribution in [3.63, 3.8) is 0 Å². The van der Waals surface area contributed by atoms with E-state index in [9.17, 15) is 4.79 Å². The van der Waals surface area contributed by atoms with Crippen molar-refractivity contribution in [2.24, 2.45) is 0 Å². The molecule has 0 saturated heterocycles. The van der Waals surface area contributed by atoms with Gasteiger partial charge in [0.2, 0.25) is 0 Å². The lowest BCUT2D eigenvalue weighted by atomic mass is 10.1. The van der Waals surface area contributed by atoms with E-state index < -0.39 is 6.16 Å². The van der Waals surface area contributed by atoms with Crippen LogP contribution in [0.25, 0.3) is 0 Å². The van der Waals surface area contributed by atoms with Crippen LogP contribution in [-0.4, -0.2) is 29.4 Å². The summed E-state index contributed by atoms with van der Waals surface area (Å²) >= 11 is 1.77. The summed E-state index contributed by atoms with van der Waals surface area (Å²) in [5.41, 5.74) is 0. The quantitative estimate of drug-likeness (QED) is 0.461. The Morgan fingerprint density at radius 1 is 1.13 bits per heavy atom. The van der Waals surface area contributed by atoms with Gasteiger partial charge in [-0.2, -0.15) is 11.8 Å². The number of hydrogen-bond donors (Lipinski definition) is 1. The summed E-state index contributed by atoms with van der Waals surface area (Å²) in [4.78, 5) is 10.0. The molecule has 0 aromatic rings. The Kier molecular flexibility index (Phi) is 11.4. The molecule has 1 N–H and O–H groups in total. The zero-order valence-electron chi connectivity index (χ0n) is 9.54. The topological polar surface area (TPSA) is 46.5 Å². The van der Waals surface area contributed by atoms with Crippen LogP contribution in [0.15, 0.2) is 0 Å². The summed E-state index contributed by atoms with van der Waals surface area (Å²) in [5, 5.41) is 8.21. The van der Waals surface area contributed by atoms with Gasteiger partial charge in [0.25, 0.3) is 0 Å². The molecule has 4 heteroatoms. The predicted molar refractivity (Wildman–Crippen MR) is 64.7 cm³/mol. The first-order valence-electron chi connectivity index (χ1n) is 5.70. The lowest BCUT2D eigenvalue weighted by molar-refractivity contribution is 0.0975. The molecule has 0 spiro atoms. The van der Waals surface area contributed by atoms with Crippen LogP contribution in [0.5, 0.6) is 0 Å². The molecule has 0 amide bonds. The van der Waals surface area contributed by atoms with Gasteiger partial charge in [-0.15, -0.1) is 0 Å². The first-order valence-corrected chi connectivity index (χ1v) is 6.86. The van der Waals surface area contributed by atoms with Crippen LogP contribution in [-0.2, 0) is 4.74 Å². The monoisotopic (exact) mass is 234 g/mol. The summed E-state index contributed by atoms with van der Waals surface area (Å²) in [6, 6.07) is 0. The smallest absolute Gasteiger partial charge is 0.450 e. The number of rotatable bonds is 10. The third-order valence-corrected chi connectivity index (χ3v) is 3.13. The second kappa shape index (κ2) is 11.7. The Morgan fingerprint density at radius 3 is 2.47 bits per heavy atom. The van der Waals surface area contributed by atoms with Crippen molar-refractivity contribution in [2.45, 2.75) is 45.4 Å². The van der Waals surface area contributed by atoms with E-state index in [-0.39, 0.29) is 0 Å². The van der Waals surface area contributed by atoms with Gasteiger partial charge < -0.3 is 9.84 Å². The van der Waals surface area contributed by atoms with Crippen molar-refractivity contribution < 1.29 is 14.6 Å². The maximum Gasteiger partial charge on any atom is 0.505 e. The fourth-order valence-electron chi connectivity index (χ4n) is 1.27. The molecule has 15 heavy (non-hydrogen) atoms. The highest BCUT2D eigenvalue weighted by molar-refractivity contribution is 7.99. The Balaban J connectivity index is 2.89. The van der Waals surface area contributed by atoms with Gasteiger partial charge in [0.15, 0.2) is 0 Å². The van der Waals surface area contributed by atoms with Crippen molar-refractivity contribution in [1.82, 2.24) is 0 Å². The van der Waals surface area contributed by atoms with Crippen molar-refractivity contribution in [2.75, 3.05) is 18.1 Å². The standard InChI is InChI=1S/C11H22O3S/c1-2-3-4-5-6-7-9-15-10-8-14-11(12)13/h2-10H2,1H3,(H,12,13). The molecular weight excluding hydrogens is 212 g/mol. The van der Waals surface area contributed by atoms with E-state index in [0.717, 1.165) is 11.5 Å². The molecule has 0 aliphatic heterocycles. The highest BCUT2D eigenvalue weighted by Crippen LogP contribution is 2.09. The van der Waals surface area contributed by atoms with E-state index in [4.69, 9.17) is 5.11 Å². The Labute approximate surface area is 96.6 Å². The van der Waals surface area contributed by atoms with E-state index in [1.54, 1.807) is 11.8 Å². The van der Waals surface area contributed by atoms with Crippen LogP contribution in [0.2, 0.25) is 0 Å². The molecule has 0 bridgehead atoms. The number of carbonyl (C=O) groups is 1. The van der Waals surface area contributed by atoms with E-state index in [0.29, 0.717) is 6.61 Å². The summed E-state index contributed by atoms with van der Waals surface area (Å²) in [6.07, 6.45) is 6.69. The zero-order valence-corrected chi connectivity index (χ0v) is 10.4. The van der Waals surface area contributed by atoms with Gasteiger partial charge in [-0.3, -0.25) is 0 Å². The lowest BCUT2D eigenvalue weighted by Gasteiger charge is -2.01. The van der Waals surface area contributed by atoms with Crippen LogP contribution in [0, 0.1) is 0 Å². The number of thioether (sulfide) groups is 1. The normalized spacial score (nSPS) is 10.2. The van der Waals surface area contributed by atoms with Crippen molar-refractivity contribution in [3.05, 3.63) is 0 Å². The fraction of sp³-hybridized carbons (Fsp3) is 0.909. The molecule has 0 heterocycles. The predicted octanol–water partition coefficient (Wildman–Crippen LogP) is 3.77. The van der Waals surface area contributed by atoms with E-state index in [1.807, 2.05) is 0 Å². The Morgan fingerprint density at radius 2 is 1.80 bits per heavy atom. The van der Waals surface area contributed by atoms with Crippen LogP contribution >= 0.6 is 11.8 Å². The number of unbranched alkanes of at least 4 members (excludes halogenated alkanes) is 5. The summed E-state index contributed by atoms with van der Waals surface area (Å²) in [7, 11) is 0.